The quantitative estimate of drug-likeness (QED) is 0.619. The third-order valence-electron chi connectivity index (χ3n) is 5.69. The van der Waals surface area contributed by atoms with Crippen LogP contribution in [-0.4, -0.2) is 52.7 Å². The van der Waals surface area contributed by atoms with E-state index in [1.165, 1.54) is 12.1 Å². The first-order chi connectivity index (χ1) is 14.6. The van der Waals surface area contributed by atoms with Gasteiger partial charge >= 0.3 is 0 Å². The van der Waals surface area contributed by atoms with Gasteiger partial charge in [0.15, 0.2) is 5.82 Å². The molecule has 0 unspecified atom stereocenters. The lowest BCUT2D eigenvalue weighted by molar-refractivity contribution is 0.0616. The summed E-state index contributed by atoms with van der Waals surface area (Å²) in [6, 6.07) is 9.49. The number of piperidine rings is 1. The zero-order chi connectivity index (χ0) is 21.0. The van der Waals surface area contributed by atoms with Gasteiger partial charge in [-0.25, -0.2) is 4.39 Å². The first-order valence-electron chi connectivity index (χ1n) is 9.90. The number of carbonyl (C=O) groups is 1. The highest BCUT2D eigenvalue weighted by Crippen LogP contribution is 2.38. The van der Waals surface area contributed by atoms with Crippen molar-refractivity contribution in [3.05, 3.63) is 66.0 Å². The van der Waals surface area contributed by atoms with Gasteiger partial charge < -0.3 is 14.2 Å². The molecule has 1 aliphatic heterocycles. The molecule has 4 rings (SSSR count). The molecule has 30 heavy (non-hydrogen) atoms. The number of hydrogen-bond acceptors (Lipinski definition) is 6. The summed E-state index contributed by atoms with van der Waals surface area (Å²) in [7, 11) is 1.66. The molecule has 1 fully saturated rings. The van der Waals surface area contributed by atoms with Gasteiger partial charge in [-0.15, -0.1) is 0 Å². The summed E-state index contributed by atoms with van der Waals surface area (Å²) in [5, 5.41) is 4.24. The molecule has 3 heterocycles. The van der Waals surface area contributed by atoms with Gasteiger partial charge in [0.05, 0.1) is 5.56 Å². The number of likely N-dealkylation sites (tertiary alicyclic amines) is 1. The lowest BCUT2D eigenvalue weighted by Crippen LogP contribution is -2.46. The van der Waals surface area contributed by atoms with Crippen LogP contribution in [0.4, 0.5) is 4.39 Å². The van der Waals surface area contributed by atoms with E-state index in [2.05, 4.69) is 15.1 Å². The molecule has 1 aliphatic rings. The molecule has 1 saturated heterocycles. The summed E-state index contributed by atoms with van der Waals surface area (Å²) in [5.41, 5.74) is 0.907. The lowest BCUT2D eigenvalue weighted by Gasteiger charge is -2.39. The number of amides is 1. The number of methoxy groups -OCH3 is 1. The summed E-state index contributed by atoms with van der Waals surface area (Å²) in [6.45, 7) is 1.71. The Labute approximate surface area is 173 Å². The van der Waals surface area contributed by atoms with Crippen molar-refractivity contribution in [1.29, 1.82) is 0 Å². The molecule has 0 aliphatic carbocycles. The van der Waals surface area contributed by atoms with Crippen molar-refractivity contribution in [3.8, 4) is 11.5 Å². The average Bonchev–Trinajstić information content (AvgIpc) is 3.30. The van der Waals surface area contributed by atoms with E-state index < -0.39 is 0 Å². The second kappa shape index (κ2) is 8.71. The third kappa shape index (κ3) is 4.09. The molecule has 1 amide bonds. The Hall–Kier alpha value is -3.13. The molecule has 0 N–H and O–H groups in total. The van der Waals surface area contributed by atoms with E-state index in [9.17, 15) is 9.18 Å². The normalized spacial score (nSPS) is 15.9. The fourth-order valence-electron chi connectivity index (χ4n) is 3.84. The fourth-order valence-corrected chi connectivity index (χ4v) is 3.84. The number of ether oxygens (including phenoxy) is 1. The minimum atomic E-state index is -0.344. The molecule has 2 aromatic heterocycles. The van der Waals surface area contributed by atoms with E-state index in [4.69, 9.17) is 9.26 Å². The predicted molar refractivity (Wildman–Crippen MR) is 107 cm³/mol. The summed E-state index contributed by atoms with van der Waals surface area (Å²) < 4.78 is 24.0. The molecule has 0 bridgehead atoms. The van der Waals surface area contributed by atoms with Crippen LogP contribution in [0.2, 0.25) is 0 Å². The zero-order valence-corrected chi connectivity index (χ0v) is 16.8. The summed E-state index contributed by atoms with van der Waals surface area (Å²) >= 11 is 0. The molecule has 8 heteroatoms. The van der Waals surface area contributed by atoms with Gasteiger partial charge in [0.1, 0.15) is 5.82 Å². The number of rotatable bonds is 6. The molecular weight excluding hydrogens is 387 g/mol. The van der Waals surface area contributed by atoms with Crippen LogP contribution >= 0.6 is 0 Å². The molecule has 0 spiro atoms. The van der Waals surface area contributed by atoms with Crippen LogP contribution in [-0.2, 0) is 10.2 Å². The highest BCUT2D eigenvalue weighted by Gasteiger charge is 2.41. The smallest absolute Gasteiger partial charge is 0.257 e. The number of pyridine rings is 1. The molecule has 0 saturated carbocycles. The standard InChI is InChI=1S/C22H23FN4O3/c1-29-14-10-22(21-25-19(30-26-21)16-4-6-18(23)7-5-16)8-12-27(13-9-22)20(28)17-3-2-11-24-15-17/h2-7,11,15H,8-10,12-14H2,1H3. The molecular formula is C22H23FN4O3. The van der Waals surface area contributed by atoms with E-state index in [0.717, 1.165) is 6.42 Å². The molecule has 0 atom stereocenters. The van der Waals surface area contributed by atoms with E-state index in [0.29, 0.717) is 55.4 Å². The Morgan fingerprint density at radius 1 is 1.23 bits per heavy atom. The molecule has 156 valence electrons. The third-order valence-corrected chi connectivity index (χ3v) is 5.69. The van der Waals surface area contributed by atoms with Crippen molar-refractivity contribution in [2.24, 2.45) is 0 Å². The number of halogens is 1. The number of nitrogens with zero attached hydrogens (tertiary/aromatic N) is 4. The van der Waals surface area contributed by atoms with Gasteiger partial charge in [0, 0.05) is 50.2 Å². The minimum absolute atomic E-state index is 0.0245. The highest BCUT2D eigenvalue weighted by atomic mass is 19.1. The van der Waals surface area contributed by atoms with Crippen LogP contribution in [0.15, 0.2) is 53.3 Å². The SMILES string of the molecule is COCCC1(c2noc(-c3ccc(F)cc3)n2)CCN(C(=O)c2cccnc2)CC1. The van der Waals surface area contributed by atoms with E-state index in [1.54, 1.807) is 43.8 Å². The van der Waals surface area contributed by atoms with Gasteiger partial charge in [0.25, 0.3) is 11.8 Å². The molecule has 1 aromatic carbocycles. The second-order valence-corrected chi connectivity index (χ2v) is 7.49. The van der Waals surface area contributed by atoms with Crippen LogP contribution in [0, 0.1) is 5.82 Å². The molecule has 7 nitrogen and oxygen atoms in total. The first-order valence-corrected chi connectivity index (χ1v) is 9.90. The number of benzene rings is 1. The molecule has 3 aromatic rings. The largest absolute Gasteiger partial charge is 0.385 e. The Balaban J connectivity index is 1.53. The lowest BCUT2D eigenvalue weighted by atomic mass is 9.75. The summed E-state index contributed by atoms with van der Waals surface area (Å²) in [6.07, 6.45) is 5.36. The van der Waals surface area contributed by atoms with Crippen LogP contribution in [0.25, 0.3) is 11.5 Å². The second-order valence-electron chi connectivity index (χ2n) is 7.49. The Bertz CT molecular complexity index is 983. The Kier molecular flexibility index (Phi) is 5.85. The van der Waals surface area contributed by atoms with Crippen LogP contribution < -0.4 is 0 Å². The maximum Gasteiger partial charge on any atom is 0.257 e. The van der Waals surface area contributed by atoms with Crippen LogP contribution in [0.3, 0.4) is 0 Å². The summed E-state index contributed by atoms with van der Waals surface area (Å²) in [4.78, 5) is 23.2. The Morgan fingerprint density at radius 3 is 2.67 bits per heavy atom. The number of hydrogen-bond donors (Lipinski definition) is 0. The maximum atomic E-state index is 13.2. The van der Waals surface area contributed by atoms with Crippen LogP contribution in [0.5, 0.6) is 0 Å². The van der Waals surface area contributed by atoms with Crippen molar-refractivity contribution in [1.82, 2.24) is 20.0 Å². The van der Waals surface area contributed by atoms with Crippen molar-refractivity contribution in [2.75, 3.05) is 26.8 Å². The van der Waals surface area contributed by atoms with E-state index >= 15 is 0 Å². The van der Waals surface area contributed by atoms with Gasteiger partial charge in [-0.2, -0.15) is 4.98 Å². The predicted octanol–water partition coefficient (Wildman–Crippen LogP) is 3.48. The van der Waals surface area contributed by atoms with Crippen molar-refractivity contribution >= 4 is 5.91 Å². The number of carbonyl (C=O) groups excluding carboxylic acids is 1. The van der Waals surface area contributed by atoms with E-state index in [-0.39, 0.29) is 17.1 Å². The average molecular weight is 410 g/mol. The van der Waals surface area contributed by atoms with Crippen molar-refractivity contribution < 1.29 is 18.4 Å². The zero-order valence-electron chi connectivity index (χ0n) is 16.8. The summed E-state index contributed by atoms with van der Waals surface area (Å²) in [5.74, 6) is 0.618. The van der Waals surface area contributed by atoms with E-state index in [1.807, 2.05) is 4.90 Å². The number of aromatic nitrogens is 3. The van der Waals surface area contributed by atoms with Crippen LogP contribution in [0.1, 0.15) is 35.4 Å². The van der Waals surface area contributed by atoms with Gasteiger partial charge in [-0.3, -0.25) is 9.78 Å². The Morgan fingerprint density at radius 2 is 2.00 bits per heavy atom. The maximum absolute atomic E-state index is 13.2. The highest BCUT2D eigenvalue weighted by molar-refractivity contribution is 5.93. The van der Waals surface area contributed by atoms with Crippen molar-refractivity contribution in [2.45, 2.75) is 24.7 Å². The molecule has 0 radical (unpaired) electrons. The minimum Gasteiger partial charge on any atom is -0.385 e. The monoisotopic (exact) mass is 410 g/mol. The van der Waals surface area contributed by atoms with Gasteiger partial charge in [-0.1, -0.05) is 5.16 Å². The van der Waals surface area contributed by atoms with Gasteiger partial charge in [0.2, 0.25) is 0 Å². The van der Waals surface area contributed by atoms with Gasteiger partial charge in [-0.05, 0) is 55.7 Å². The fraction of sp³-hybridized carbons (Fsp3) is 0.364. The topological polar surface area (TPSA) is 81.4 Å². The first kappa shape index (κ1) is 20.2. The van der Waals surface area contributed by atoms with Crippen molar-refractivity contribution in [3.63, 3.8) is 0 Å².